The highest BCUT2D eigenvalue weighted by molar-refractivity contribution is 5.73. The molecule has 0 aliphatic carbocycles. The zero-order valence-corrected chi connectivity index (χ0v) is 7.28. The summed E-state index contributed by atoms with van der Waals surface area (Å²) in [7, 11) is 0. The number of rotatable bonds is 4. The van der Waals surface area contributed by atoms with Crippen LogP contribution in [0.5, 0.6) is 0 Å². The van der Waals surface area contributed by atoms with Crippen LogP contribution >= 0.6 is 0 Å². The molecule has 0 saturated carbocycles. The van der Waals surface area contributed by atoms with Gasteiger partial charge in [0.25, 0.3) is 0 Å². The molecule has 0 atom stereocenters. The Labute approximate surface area is 72.3 Å². The molecule has 0 heterocycles. The molecule has 64 valence electrons. The van der Waals surface area contributed by atoms with Crippen LogP contribution < -0.4 is 0 Å². The second-order valence-electron chi connectivity index (χ2n) is 2.44. The Kier molecular flexibility index (Phi) is 5.53. The molecule has 0 aliphatic rings. The van der Waals surface area contributed by atoms with Crippen LogP contribution in [0, 0.1) is 0 Å². The maximum atomic E-state index is 10.1. The van der Waals surface area contributed by atoms with Crippen molar-refractivity contribution in [3.63, 3.8) is 0 Å². The highest BCUT2D eigenvalue weighted by Crippen LogP contribution is 1.90. The van der Waals surface area contributed by atoms with E-state index >= 15 is 0 Å². The molecule has 2 heteroatoms. The van der Waals surface area contributed by atoms with Crippen LogP contribution in [-0.4, -0.2) is 12.6 Å². The topological polar surface area (TPSA) is 34.1 Å². The zero-order valence-electron chi connectivity index (χ0n) is 7.28. The van der Waals surface area contributed by atoms with Crippen LogP contribution in [0.1, 0.15) is 13.8 Å². The van der Waals surface area contributed by atoms with E-state index in [1.807, 2.05) is 0 Å². The average molecular weight is 164 g/mol. The third-order valence-electron chi connectivity index (χ3n) is 1.20. The fourth-order valence-electron chi connectivity index (χ4n) is 0.493. The van der Waals surface area contributed by atoms with Crippen molar-refractivity contribution in [2.24, 2.45) is 0 Å². The third kappa shape index (κ3) is 5.35. The fourth-order valence-corrected chi connectivity index (χ4v) is 0.493. The first-order valence-electron chi connectivity index (χ1n) is 3.63. The van der Waals surface area contributed by atoms with Gasteiger partial charge >= 0.3 is 0 Å². The second kappa shape index (κ2) is 6.28. The van der Waals surface area contributed by atoms with Gasteiger partial charge in [0.05, 0.1) is 0 Å². The minimum Gasteiger partial charge on any atom is -0.298 e. The molecule has 0 bridgehead atoms. The number of carbonyl (C=O) groups is 2. The summed E-state index contributed by atoms with van der Waals surface area (Å²) >= 11 is 0. The summed E-state index contributed by atoms with van der Waals surface area (Å²) in [5.74, 6) is 0. The lowest BCUT2D eigenvalue weighted by Gasteiger charge is -1.81. The maximum absolute atomic E-state index is 10.1. The number of carbonyl (C=O) groups excluding carboxylic acids is 2. The molecule has 0 rings (SSSR count). The van der Waals surface area contributed by atoms with Crippen LogP contribution in [0.4, 0.5) is 0 Å². The van der Waals surface area contributed by atoms with Crippen molar-refractivity contribution in [2.45, 2.75) is 13.8 Å². The monoisotopic (exact) mass is 164 g/mol. The van der Waals surface area contributed by atoms with Gasteiger partial charge in [-0.25, -0.2) is 0 Å². The van der Waals surface area contributed by atoms with Gasteiger partial charge in [0.15, 0.2) is 0 Å². The van der Waals surface area contributed by atoms with Crippen LogP contribution in [-0.2, 0) is 9.59 Å². The van der Waals surface area contributed by atoms with E-state index in [4.69, 9.17) is 0 Å². The lowest BCUT2D eigenvalue weighted by atomic mass is 10.2. The van der Waals surface area contributed by atoms with E-state index in [9.17, 15) is 9.59 Å². The molecule has 0 spiro atoms. The Hall–Kier alpha value is -1.44. The predicted molar refractivity (Wildman–Crippen MR) is 48.8 cm³/mol. The van der Waals surface area contributed by atoms with Gasteiger partial charge in [0, 0.05) is 0 Å². The first kappa shape index (κ1) is 10.6. The first-order valence-corrected chi connectivity index (χ1v) is 3.63. The molecule has 12 heavy (non-hydrogen) atoms. The van der Waals surface area contributed by atoms with Gasteiger partial charge in [-0.3, -0.25) is 9.59 Å². The van der Waals surface area contributed by atoms with Crippen LogP contribution in [0.2, 0.25) is 0 Å². The van der Waals surface area contributed by atoms with Crippen LogP contribution in [0.15, 0.2) is 35.5 Å². The molecular weight excluding hydrogens is 152 g/mol. The summed E-state index contributed by atoms with van der Waals surface area (Å²) in [6.07, 6.45) is 8.36. The highest BCUT2D eigenvalue weighted by atomic mass is 16.1. The van der Waals surface area contributed by atoms with Gasteiger partial charge in [0.1, 0.15) is 12.6 Å². The molecule has 0 amide bonds. The molecular formula is C10H12O2. The minimum atomic E-state index is 0.656. The number of hydrogen-bond donors (Lipinski definition) is 0. The van der Waals surface area contributed by atoms with Gasteiger partial charge < -0.3 is 0 Å². The van der Waals surface area contributed by atoms with E-state index in [-0.39, 0.29) is 0 Å². The van der Waals surface area contributed by atoms with E-state index in [2.05, 4.69) is 0 Å². The molecule has 0 N–H and O–H groups in total. The molecule has 0 aliphatic heterocycles. The lowest BCUT2D eigenvalue weighted by molar-refractivity contribution is -0.105. The average Bonchev–Trinajstić information content (AvgIpc) is 2.11. The van der Waals surface area contributed by atoms with Gasteiger partial charge in [-0.1, -0.05) is 24.3 Å². The second-order valence-corrected chi connectivity index (χ2v) is 2.44. The molecule has 0 unspecified atom stereocenters. The van der Waals surface area contributed by atoms with E-state index in [1.165, 1.54) is 0 Å². The number of aldehydes is 2. The Morgan fingerprint density at radius 1 is 0.833 bits per heavy atom. The molecule has 0 aromatic heterocycles. The van der Waals surface area contributed by atoms with Crippen molar-refractivity contribution in [1.82, 2.24) is 0 Å². The molecule has 0 radical (unpaired) electrons. The van der Waals surface area contributed by atoms with E-state index < -0.39 is 0 Å². The molecule has 0 aromatic carbocycles. The van der Waals surface area contributed by atoms with E-state index in [1.54, 1.807) is 38.2 Å². The first-order chi connectivity index (χ1) is 5.70. The Morgan fingerprint density at radius 2 is 1.17 bits per heavy atom. The number of allylic oxidation sites excluding steroid dienone is 6. The SMILES string of the molecule is C\C(C=O)=C/C=C/C=C(\C)C=O. The Morgan fingerprint density at radius 3 is 1.42 bits per heavy atom. The van der Waals surface area contributed by atoms with E-state index in [0.29, 0.717) is 11.1 Å². The molecule has 0 aromatic rings. The molecule has 2 nitrogen and oxygen atoms in total. The van der Waals surface area contributed by atoms with Crippen LogP contribution in [0.25, 0.3) is 0 Å². The largest absolute Gasteiger partial charge is 0.298 e. The summed E-state index contributed by atoms with van der Waals surface area (Å²) < 4.78 is 0. The Bertz CT molecular complexity index is 219. The summed E-state index contributed by atoms with van der Waals surface area (Å²) in [4.78, 5) is 20.2. The third-order valence-corrected chi connectivity index (χ3v) is 1.20. The van der Waals surface area contributed by atoms with Gasteiger partial charge in [-0.05, 0) is 25.0 Å². The van der Waals surface area contributed by atoms with Crippen molar-refractivity contribution in [3.05, 3.63) is 35.5 Å². The number of hydrogen-bond acceptors (Lipinski definition) is 2. The smallest absolute Gasteiger partial charge is 0.145 e. The zero-order chi connectivity index (χ0) is 9.40. The Balaban J connectivity index is 4.09. The summed E-state index contributed by atoms with van der Waals surface area (Å²) in [6.45, 7) is 3.43. The van der Waals surface area contributed by atoms with E-state index in [0.717, 1.165) is 12.6 Å². The molecule has 0 fully saturated rings. The van der Waals surface area contributed by atoms with Crippen molar-refractivity contribution in [3.8, 4) is 0 Å². The van der Waals surface area contributed by atoms with Gasteiger partial charge in [-0.2, -0.15) is 0 Å². The highest BCUT2D eigenvalue weighted by Gasteiger charge is 1.79. The lowest BCUT2D eigenvalue weighted by Crippen LogP contribution is -1.73. The van der Waals surface area contributed by atoms with Gasteiger partial charge in [0.2, 0.25) is 0 Å². The molecule has 0 saturated heterocycles. The van der Waals surface area contributed by atoms with Crippen molar-refractivity contribution in [2.75, 3.05) is 0 Å². The summed E-state index contributed by atoms with van der Waals surface area (Å²) in [6, 6.07) is 0. The summed E-state index contributed by atoms with van der Waals surface area (Å²) in [5.41, 5.74) is 1.31. The standard InChI is InChI=1S/C10H12O2/c1-9(7-11)5-3-4-6-10(2)8-12/h3-8H,1-2H3/b4-3+,9-5+,10-6+. The van der Waals surface area contributed by atoms with Gasteiger partial charge in [-0.15, -0.1) is 0 Å². The normalized spacial score (nSPS) is 13.5. The quantitative estimate of drug-likeness (QED) is 0.361. The maximum Gasteiger partial charge on any atom is 0.145 e. The van der Waals surface area contributed by atoms with Crippen molar-refractivity contribution < 1.29 is 9.59 Å². The van der Waals surface area contributed by atoms with Crippen molar-refractivity contribution >= 4 is 12.6 Å². The minimum absolute atomic E-state index is 0.656. The van der Waals surface area contributed by atoms with Crippen LogP contribution in [0.3, 0.4) is 0 Å². The summed E-state index contributed by atoms with van der Waals surface area (Å²) in [5, 5.41) is 0. The fraction of sp³-hybridized carbons (Fsp3) is 0.200. The predicted octanol–water partition coefficient (Wildman–Crippen LogP) is 1.83. The van der Waals surface area contributed by atoms with Crippen molar-refractivity contribution in [1.29, 1.82) is 0 Å².